The summed E-state index contributed by atoms with van der Waals surface area (Å²) in [5.41, 5.74) is 2.98. The van der Waals surface area contributed by atoms with Gasteiger partial charge in [0.2, 0.25) is 5.95 Å². The van der Waals surface area contributed by atoms with Crippen LogP contribution in [0.3, 0.4) is 0 Å². The number of thiophene rings is 1. The number of allylic oxidation sites excluding steroid dienone is 2. The third-order valence-corrected chi connectivity index (χ3v) is 8.74. The summed E-state index contributed by atoms with van der Waals surface area (Å²) in [6.07, 6.45) is 4.26. The number of thioether (sulfide) groups is 1. The molecule has 2 N–H and O–H groups in total. The second-order valence-corrected chi connectivity index (χ2v) is 12.4. The first kappa shape index (κ1) is 29.5. The molecule has 1 fully saturated rings. The van der Waals surface area contributed by atoms with Crippen LogP contribution in [0, 0.1) is 0 Å². The van der Waals surface area contributed by atoms with Crippen molar-refractivity contribution in [3.63, 3.8) is 0 Å². The fraction of sp³-hybridized carbons (Fsp3) is 0.429. The molecule has 1 aromatic carbocycles. The van der Waals surface area contributed by atoms with Crippen LogP contribution in [0.1, 0.15) is 41.5 Å². The van der Waals surface area contributed by atoms with Crippen LogP contribution in [-0.4, -0.2) is 57.6 Å². The molecule has 0 radical (unpaired) electrons. The predicted molar refractivity (Wildman–Crippen MR) is 167 cm³/mol. The van der Waals surface area contributed by atoms with Gasteiger partial charge in [-0.1, -0.05) is 39.8 Å². The Morgan fingerprint density at radius 1 is 1.00 bits per heavy atom. The van der Waals surface area contributed by atoms with Gasteiger partial charge in [0.25, 0.3) is 0 Å². The van der Waals surface area contributed by atoms with E-state index in [-0.39, 0.29) is 0 Å². The molecule has 4 rings (SSSR count). The number of likely N-dealkylation sites (N-methyl/N-ethyl adjacent to an activating group) is 1. The van der Waals surface area contributed by atoms with Gasteiger partial charge in [-0.3, -0.25) is 0 Å². The number of nitrogens with one attached hydrogen (secondary N) is 2. The molecule has 2 aromatic heterocycles. The standard InChI is InChI=1S/C26H34N6S3.C2H6/c1-6-21(23(7-2)34-18(3)4)28-25-24-22(12-17-33-24)29-26(30-25)27-19-8-10-20(11-9-19)35-32-15-13-31(5)14-16-32;1-2/h6-12,17-18H,13-16H2,1-5H3,(H2,27,28,29,30);1-2H3/b21-6+,23-7+;. The summed E-state index contributed by atoms with van der Waals surface area (Å²) in [5.74, 6) is 1.42. The Morgan fingerprint density at radius 3 is 2.32 bits per heavy atom. The molecular formula is C28H40N6S3. The van der Waals surface area contributed by atoms with Crippen molar-refractivity contribution in [1.82, 2.24) is 19.2 Å². The van der Waals surface area contributed by atoms with E-state index in [0.717, 1.165) is 53.6 Å². The van der Waals surface area contributed by atoms with Gasteiger partial charge >= 0.3 is 0 Å². The normalized spacial score (nSPS) is 15.6. The number of fused-ring (bicyclic) bond motifs is 1. The zero-order valence-electron chi connectivity index (χ0n) is 23.0. The smallest absolute Gasteiger partial charge is 0.229 e. The molecule has 1 aliphatic rings. The number of anilines is 3. The zero-order chi connectivity index (χ0) is 26.8. The molecule has 37 heavy (non-hydrogen) atoms. The van der Waals surface area contributed by atoms with E-state index in [1.165, 1.54) is 9.80 Å². The van der Waals surface area contributed by atoms with Gasteiger partial charge in [-0.25, -0.2) is 9.29 Å². The summed E-state index contributed by atoms with van der Waals surface area (Å²) in [4.78, 5) is 14.4. The van der Waals surface area contributed by atoms with E-state index in [1.807, 2.05) is 43.6 Å². The van der Waals surface area contributed by atoms with E-state index in [4.69, 9.17) is 9.97 Å². The lowest BCUT2D eigenvalue weighted by Crippen LogP contribution is -2.40. The van der Waals surface area contributed by atoms with Crippen molar-refractivity contribution < 1.29 is 0 Å². The number of rotatable bonds is 9. The Bertz CT molecular complexity index is 1180. The highest BCUT2D eigenvalue weighted by Crippen LogP contribution is 2.33. The molecule has 3 heterocycles. The SMILES string of the molecule is C/C=C(Nc1nc(Nc2ccc(SN3CCN(C)CC3)cc2)nc2ccsc12)\C(=C/C)SC(C)C.CC. The highest BCUT2D eigenvalue weighted by molar-refractivity contribution is 8.03. The van der Waals surface area contributed by atoms with Crippen LogP contribution in [0.4, 0.5) is 17.5 Å². The number of piperazine rings is 1. The summed E-state index contributed by atoms with van der Waals surface area (Å²) in [6, 6.07) is 10.6. The first-order chi connectivity index (χ1) is 17.9. The van der Waals surface area contributed by atoms with Crippen LogP contribution in [0.15, 0.2) is 63.4 Å². The maximum absolute atomic E-state index is 4.86. The van der Waals surface area contributed by atoms with Crippen LogP contribution >= 0.6 is 35.0 Å². The van der Waals surface area contributed by atoms with Crippen molar-refractivity contribution in [3.05, 3.63) is 58.5 Å². The molecular weight excluding hydrogens is 517 g/mol. The molecule has 0 bridgehead atoms. The molecule has 9 heteroatoms. The van der Waals surface area contributed by atoms with Gasteiger partial charge in [-0.15, -0.1) is 23.1 Å². The minimum atomic E-state index is 0.500. The maximum Gasteiger partial charge on any atom is 0.229 e. The van der Waals surface area contributed by atoms with Crippen molar-refractivity contribution in [2.75, 3.05) is 43.9 Å². The number of nitrogens with zero attached hydrogens (tertiary/aromatic N) is 4. The minimum Gasteiger partial charge on any atom is -0.338 e. The van der Waals surface area contributed by atoms with E-state index in [0.29, 0.717) is 11.2 Å². The Hall–Kier alpha value is -2.04. The Balaban J connectivity index is 0.00000186. The van der Waals surface area contributed by atoms with Crippen LogP contribution in [0.25, 0.3) is 10.2 Å². The first-order valence-corrected chi connectivity index (χ1v) is 15.5. The van der Waals surface area contributed by atoms with E-state index in [1.54, 1.807) is 11.3 Å². The van der Waals surface area contributed by atoms with Crippen molar-refractivity contribution in [3.8, 4) is 0 Å². The van der Waals surface area contributed by atoms with Crippen LogP contribution in [0.5, 0.6) is 0 Å². The molecule has 3 aromatic rings. The molecule has 0 aliphatic carbocycles. The van der Waals surface area contributed by atoms with Crippen LogP contribution < -0.4 is 10.6 Å². The van der Waals surface area contributed by atoms with Crippen LogP contribution in [-0.2, 0) is 0 Å². The zero-order valence-corrected chi connectivity index (χ0v) is 25.5. The van der Waals surface area contributed by atoms with E-state index in [2.05, 4.69) is 96.4 Å². The van der Waals surface area contributed by atoms with Crippen molar-refractivity contribution in [2.45, 2.75) is 51.7 Å². The van der Waals surface area contributed by atoms with Crippen molar-refractivity contribution in [1.29, 1.82) is 0 Å². The van der Waals surface area contributed by atoms with Gasteiger partial charge < -0.3 is 15.5 Å². The largest absolute Gasteiger partial charge is 0.338 e. The lowest BCUT2D eigenvalue weighted by Gasteiger charge is -2.31. The molecule has 0 spiro atoms. The van der Waals surface area contributed by atoms with Gasteiger partial charge in [-0.05, 0) is 68.6 Å². The van der Waals surface area contributed by atoms with Gasteiger partial charge in [-0.2, -0.15) is 4.98 Å². The molecule has 200 valence electrons. The van der Waals surface area contributed by atoms with Gasteiger partial charge in [0.15, 0.2) is 5.82 Å². The molecule has 1 saturated heterocycles. The fourth-order valence-electron chi connectivity index (χ4n) is 3.71. The second kappa shape index (κ2) is 14.8. The number of hydrogen-bond acceptors (Lipinski definition) is 9. The number of aromatic nitrogens is 2. The molecule has 1 aliphatic heterocycles. The topological polar surface area (TPSA) is 56.3 Å². The summed E-state index contributed by atoms with van der Waals surface area (Å²) in [6.45, 7) is 17.0. The maximum atomic E-state index is 4.86. The molecule has 6 nitrogen and oxygen atoms in total. The highest BCUT2D eigenvalue weighted by Gasteiger charge is 2.16. The highest BCUT2D eigenvalue weighted by atomic mass is 32.2. The second-order valence-electron chi connectivity index (χ2n) is 8.65. The minimum absolute atomic E-state index is 0.500. The van der Waals surface area contributed by atoms with E-state index in [9.17, 15) is 0 Å². The first-order valence-electron chi connectivity index (χ1n) is 13.0. The van der Waals surface area contributed by atoms with E-state index >= 15 is 0 Å². The molecule has 0 amide bonds. The summed E-state index contributed by atoms with van der Waals surface area (Å²) in [5, 5.41) is 9.54. The molecule has 0 atom stereocenters. The third kappa shape index (κ3) is 8.48. The van der Waals surface area contributed by atoms with E-state index < -0.39 is 0 Å². The average molecular weight is 557 g/mol. The lowest BCUT2D eigenvalue weighted by molar-refractivity contribution is 0.233. The Morgan fingerprint density at radius 2 is 1.70 bits per heavy atom. The number of hydrogen-bond donors (Lipinski definition) is 2. The fourth-order valence-corrected chi connectivity index (χ4v) is 6.32. The lowest BCUT2D eigenvalue weighted by atomic mass is 10.3. The molecule has 0 unspecified atom stereocenters. The average Bonchev–Trinajstić information content (AvgIpc) is 3.38. The van der Waals surface area contributed by atoms with Crippen molar-refractivity contribution in [2.24, 2.45) is 0 Å². The van der Waals surface area contributed by atoms with Gasteiger partial charge in [0, 0.05) is 52.6 Å². The Kier molecular flexibility index (Phi) is 11.8. The predicted octanol–water partition coefficient (Wildman–Crippen LogP) is 8.08. The third-order valence-electron chi connectivity index (χ3n) is 5.54. The van der Waals surface area contributed by atoms with Gasteiger partial charge in [0.05, 0.1) is 10.2 Å². The number of benzene rings is 1. The summed E-state index contributed by atoms with van der Waals surface area (Å²) < 4.78 is 3.49. The van der Waals surface area contributed by atoms with Crippen molar-refractivity contribution >= 4 is 62.7 Å². The Labute approximate surface area is 235 Å². The monoisotopic (exact) mass is 556 g/mol. The summed E-state index contributed by atoms with van der Waals surface area (Å²) in [7, 11) is 2.18. The van der Waals surface area contributed by atoms with Gasteiger partial charge in [0.1, 0.15) is 0 Å². The molecule has 0 saturated carbocycles. The van der Waals surface area contributed by atoms with Crippen LogP contribution in [0.2, 0.25) is 0 Å². The quantitative estimate of drug-likeness (QED) is 0.203. The summed E-state index contributed by atoms with van der Waals surface area (Å²) >= 11 is 5.33.